The van der Waals surface area contributed by atoms with Crippen molar-refractivity contribution >= 4 is 0 Å². The first-order chi connectivity index (χ1) is 9.94. The molecule has 0 spiro atoms. The van der Waals surface area contributed by atoms with Crippen LogP contribution in [0.4, 0.5) is 13.2 Å². The fourth-order valence-electron chi connectivity index (χ4n) is 1.94. The van der Waals surface area contributed by atoms with Crippen LogP contribution in [-0.2, 0) is 12.6 Å². The highest BCUT2D eigenvalue weighted by Gasteiger charge is 2.32. The summed E-state index contributed by atoms with van der Waals surface area (Å²) in [6.07, 6.45) is -4.10. The molecule has 0 heterocycles. The second-order valence-electron chi connectivity index (χ2n) is 4.41. The SMILES string of the molecule is CCc1cc(Oc2ccc(C#N)cc2)ccc1C(F)(F)F. The normalized spacial score (nSPS) is 11.0. The van der Waals surface area contributed by atoms with Gasteiger partial charge in [-0.2, -0.15) is 18.4 Å². The minimum Gasteiger partial charge on any atom is -0.457 e. The van der Waals surface area contributed by atoms with Gasteiger partial charge >= 0.3 is 6.18 Å². The maximum atomic E-state index is 12.8. The zero-order chi connectivity index (χ0) is 15.5. The first-order valence-electron chi connectivity index (χ1n) is 6.32. The van der Waals surface area contributed by atoms with Gasteiger partial charge in [-0.3, -0.25) is 0 Å². The highest BCUT2D eigenvalue weighted by Crippen LogP contribution is 2.35. The first-order valence-corrected chi connectivity index (χ1v) is 6.32. The summed E-state index contributed by atoms with van der Waals surface area (Å²) in [4.78, 5) is 0. The third kappa shape index (κ3) is 3.54. The number of alkyl halides is 3. The fraction of sp³-hybridized carbons (Fsp3) is 0.188. The molecule has 0 aliphatic carbocycles. The van der Waals surface area contributed by atoms with Crippen LogP contribution in [0.15, 0.2) is 42.5 Å². The largest absolute Gasteiger partial charge is 0.457 e. The van der Waals surface area contributed by atoms with Gasteiger partial charge in [-0.25, -0.2) is 0 Å². The molecule has 0 radical (unpaired) electrons. The van der Waals surface area contributed by atoms with Gasteiger partial charge in [0.1, 0.15) is 11.5 Å². The van der Waals surface area contributed by atoms with E-state index in [9.17, 15) is 13.2 Å². The predicted octanol–water partition coefficient (Wildman–Crippen LogP) is 4.93. The van der Waals surface area contributed by atoms with Crippen LogP contribution >= 0.6 is 0 Å². The third-order valence-corrected chi connectivity index (χ3v) is 2.98. The van der Waals surface area contributed by atoms with Crippen LogP contribution < -0.4 is 4.74 Å². The average molecular weight is 291 g/mol. The van der Waals surface area contributed by atoms with Gasteiger partial charge in [0.25, 0.3) is 0 Å². The lowest BCUT2D eigenvalue weighted by molar-refractivity contribution is -0.138. The molecule has 0 fully saturated rings. The Hall–Kier alpha value is -2.48. The number of benzene rings is 2. The number of ether oxygens (including phenoxy) is 1. The molecule has 2 rings (SSSR count). The van der Waals surface area contributed by atoms with Crippen LogP contribution in [0.25, 0.3) is 0 Å². The van der Waals surface area contributed by atoms with Crippen molar-refractivity contribution < 1.29 is 17.9 Å². The Labute approximate surface area is 120 Å². The molecule has 2 aromatic carbocycles. The van der Waals surface area contributed by atoms with Crippen molar-refractivity contribution in [3.05, 3.63) is 59.2 Å². The lowest BCUT2D eigenvalue weighted by Gasteiger charge is -2.13. The number of rotatable bonds is 3. The van der Waals surface area contributed by atoms with Crippen LogP contribution in [0.3, 0.4) is 0 Å². The zero-order valence-electron chi connectivity index (χ0n) is 11.2. The minimum atomic E-state index is -4.36. The molecular weight excluding hydrogens is 279 g/mol. The minimum absolute atomic E-state index is 0.189. The molecule has 0 amide bonds. The topological polar surface area (TPSA) is 33.0 Å². The van der Waals surface area contributed by atoms with E-state index >= 15 is 0 Å². The average Bonchev–Trinajstić information content (AvgIpc) is 2.46. The van der Waals surface area contributed by atoms with E-state index in [0.717, 1.165) is 6.07 Å². The summed E-state index contributed by atoms with van der Waals surface area (Å²) in [6.45, 7) is 1.66. The number of hydrogen-bond acceptors (Lipinski definition) is 2. The summed E-state index contributed by atoms with van der Waals surface area (Å²) in [5.41, 5.74) is 0.0369. The molecular formula is C16H12F3NO. The second kappa shape index (κ2) is 5.88. The molecule has 108 valence electrons. The van der Waals surface area contributed by atoms with Crippen molar-refractivity contribution in [1.82, 2.24) is 0 Å². The zero-order valence-corrected chi connectivity index (χ0v) is 11.2. The smallest absolute Gasteiger partial charge is 0.416 e. The van der Waals surface area contributed by atoms with E-state index in [-0.39, 0.29) is 12.0 Å². The van der Waals surface area contributed by atoms with Crippen molar-refractivity contribution in [2.45, 2.75) is 19.5 Å². The standard InChI is InChI=1S/C16H12F3NO/c1-2-12-9-14(7-8-15(12)16(17,18)19)21-13-5-3-11(10-20)4-6-13/h3-9H,2H2,1H3. The van der Waals surface area contributed by atoms with E-state index < -0.39 is 11.7 Å². The highest BCUT2D eigenvalue weighted by molar-refractivity contribution is 5.41. The second-order valence-corrected chi connectivity index (χ2v) is 4.41. The summed E-state index contributed by atoms with van der Waals surface area (Å²) >= 11 is 0. The van der Waals surface area contributed by atoms with Crippen molar-refractivity contribution in [2.24, 2.45) is 0 Å². The molecule has 0 saturated heterocycles. The number of halogens is 3. The molecule has 0 aliphatic rings. The van der Waals surface area contributed by atoms with Crippen LogP contribution in [0.1, 0.15) is 23.6 Å². The molecule has 2 nitrogen and oxygen atoms in total. The molecule has 0 N–H and O–H groups in total. The molecule has 0 atom stereocenters. The Bertz CT molecular complexity index is 669. The van der Waals surface area contributed by atoms with Crippen LogP contribution in [0, 0.1) is 11.3 Å². The number of aryl methyl sites for hydroxylation is 1. The van der Waals surface area contributed by atoms with Gasteiger partial charge in [0.05, 0.1) is 17.2 Å². The Morgan fingerprint density at radius 2 is 1.67 bits per heavy atom. The van der Waals surface area contributed by atoms with Gasteiger partial charge in [0, 0.05) is 0 Å². The Morgan fingerprint density at radius 3 is 2.19 bits per heavy atom. The van der Waals surface area contributed by atoms with E-state index in [1.165, 1.54) is 12.1 Å². The molecule has 5 heteroatoms. The quantitative estimate of drug-likeness (QED) is 0.803. The summed E-state index contributed by atoms with van der Waals surface area (Å²) in [6, 6.07) is 12.1. The Balaban J connectivity index is 2.27. The molecule has 21 heavy (non-hydrogen) atoms. The van der Waals surface area contributed by atoms with E-state index in [2.05, 4.69) is 0 Å². The van der Waals surface area contributed by atoms with Gasteiger partial charge < -0.3 is 4.74 Å². The lowest BCUT2D eigenvalue weighted by Crippen LogP contribution is -2.08. The third-order valence-electron chi connectivity index (χ3n) is 2.98. The highest BCUT2D eigenvalue weighted by atomic mass is 19.4. The molecule has 0 saturated carbocycles. The Morgan fingerprint density at radius 1 is 1.05 bits per heavy atom. The molecule has 0 unspecified atom stereocenters. The van der Waals surface area contributed by atoms with E-state index in [1.807, 2.05) is 6.07 Å². The first kappa shape index (κ1) is 14.9. The molecule has 0 bridgehead atoms. The van der Waals surface area contributed by atoms with Gasteiger partial charge in [-0.05, 0) is 54.4 Å². The van der Waals surface area contributed by atoms with Crippen LogP contribution in [0.5, 0.6) is 11.5 Å². The number of nitriles is 1. The van der Waals surface area contributed by atoms with Gasteiger partial charge in [-0.15, -0.1) is 0 Å². The predicted molar refractivity (Wildman–Crippen MR) is 72.1 cm³/mol. The fourth-order valence-corrected chi connectivity index (χ4v) is 1.94. The Kier molecular flexibility index (Phi) is 4.18. The van der Waals surface area contributed by atoms with Crippen LogP contribution in [-0.4, -0.2) is 0 Å². The van der Waals surface area contributed by atoms with Crippen molar-refractivity contribution in [3.63, 3.8) is 0 Å². The maximum Gasteiger partial charge on any atom is 0.416 e. The molecule has 0 aliphatic heterocycles. The maximum absolute atomic E-state index is 12.8. The monoisotopic (exact) mass is 291 g/mol. The number of nitrogens with zero attached hydrogens (tertiary/aromatic N) is 1. The lowest BCUT2D eigenvalue weighted by atomic mass is 10.0. The van der Waals surface area contributed by atoms with E-state index in [4.69, 9.17) is 10.00 Å². The van der Waals surface area contributed by atoms with Gasteiger partial charge in [-0.1, -0.05) is 6.92 Å². The van der Waals surface area contributed by atoms with Crippen molar-refractivity contribution in [1.29, 1.82) is 5.26 Å². The van der Waals surface area contributed by atoms with E-state index in [0.29, 0.717) is 17.1 Å². The summed E-state index contributed by atoms with van der Waals surface area (Å²) in [5.74, 6) is 0.806. The summed E-state index contributed by atoms with van der Waals surface area (Å²) in [7, 11) is 0. The van der Waals surface area contributed by atoms with Gasteiger partial charge in [0.2, 0.25) is 0 Å². The van der Waals surface area contributed by atoms with Gasteiger partial charge in [0.15, 0.2) is 0 Å². The van der Waals surface area contributed by atoms with Crippen molar-refractivity contribution in [2.75, 3.05) is 0 Å². The summed E-state index contributed by atoms with van der Waals surface area (Å²) in [5, 5.41) is 8.70. The summed E-state index contributed by atoms with van der Waals surface area (Å²) < 4.78 is 43.9. The molecule has 0 aromatic heterocycles. The van der Waals surface area contributed by atoms with Crippen molar-refractivity contribution in [3.8, 4) is 17.6 Å². The van der Waals surface area contributed by atoms with Crippen LogP contribution in [0.2, 0.25) is 0 Å². The number of hydrogen-bond donors (Lipinski definition) is 0. The van der Waals surface area contributed by atoms with E-state index in [1.54, 1.807) is 31.2 Å². The molecule has 2 aromatic rings.